The summed E-state index contributed by atoms with van der Waals surface area (Å²) in [5.41, 5.74) is 0.730. The average molecular weight is 344 g/mol. The van der Waals surface area contributed by atoms with Gasteiger partial charge in [-0.15, -0.1) is 6.58 Å². The largest absolute Gasteiger partial charge is 0.469 e. The summed E-state index contributed by atoms with van der Waals surface area (Å²) in [6.45, 7) is 4.17. The minimum absolute atomic E-state index is 0.0854. The standard InChI is InChI=1S/C11H21O10P/c1-6(2)3-4-20-11(16)10(15)9(14)8(13)7(12)5-21-22(17,18)19/h7-10,12-15H,1,3-5H2,2H3,(H2,17,18,19)/t7-,8-,9+,10-/m1/s1. The van der Waals surface area contributed by atoms with Crippen LogP contribution in [0.2, 0.25) is 0 Å². The number of aliphatic hydroxyl groups is 4. The molecule has 0 aliphatic carbocycles. The molecule has 0 amide bonds. The van der Waals surface area contributed by atoms with Crippen LogP contribution in [0.4, 0.5) is 0 Å². The van der Waals surface area contributed by atoms with E-state index in [9.17, 15) is 29.8 Å². The van der Waals surface area contributed by atoms with Crippen molar-refractivity contribution in [2.45, 2.75) is 37.8 Å². The van der Waals surface area contributed by atoms with Crippen LogP contribution in [0, 0.1) is 0 Å². The van der Waals surface area contributed by atoms with Crippen LogP contribution in [0.1, 0.15) is 13.3 Å². The van der Waals surface area contributed by atoms with Crippen LogP contribution in [0.3, 0.4) is 0 Å². The van der Waals surface area contributed by atoms with E-state index in [1.165, 1.54) is 0 Å². The zero-order valence-electron chi connectivity index (χ0n) is 11.9. The Morgan fingerprint density at radius 1 is 1.18 bits per heavy atom. The highest BCUT2D eigenvalue weighted by molar-refractivity contribution is 7.46. The lowest BCUT2D eigenvalue weighted by Gasteiger charge is -2.25. The zero-order valence-corrected chi connectivity index (χ0v) is 12.8. The number of carbonyl (C=O) groups excluding carboxylic acids is 1. The predicted molar refractivity (Wildman–Crippen MR) is 72.4 cm³/mol. The van der Waals surface area contributed by atoms with E-state index in [-0.39, 0.29) is 6.61 Å². The van der Waals surface area contributed by atoms with E-state index >= 15 is 0 Å². The number of phosphoric acid groups is 1. The normalized spacial score (nSPS) is 17.4. The highest BCUT2D eigenvalue weighted by Crippen LogP contribution is 2.35. The molecule has 4 atom stereocenters. The van der Waals surface area contributed by atoms with Gasteiger partial charge in [-0.1, -0.05) is 5.57 Å². The zero-order chi connectivity index (χ0) is 17.5. The van der Waals surface area contributed by atoms with Gasteiger partial charge in [-0.3, -0.25) is 4.52 Å². The van der Waals surface area contributed by atoms with Crippen LogP contribution in [-0.2, 0) is 18.6 Å². The minimum Gasteiger partial charge on any atom is -0.463 e. The Bertz CT molecular complexity index is 419. The Hall–Kier alpha value is -0.840. The van der Waals surface area contributed by atoms with Gasteiger partial charge in [0, 0.05) is 6.42 Å². The number of hydrogen-bond donors (Lipinski definition) is 6. The van der Waals surface area contributed by atoms with Gasteiger partial charge >= 0.3 is 13.8 Å². The van der Waals surface area contributed by atoms with E-state index in [4.69, 9.17) is 9.79 Å². The fourth-order valence-electron chi connectivity index (χ4n) is 1.24. The Kier molecular flexibility index (Phi) is 8.98. The molecule has 0 aliphatic rings. The molecule has 0 unspecified atom stereocenters. The van der Waals surface area contributed by atoms with Crippen LogP contribution in [-0.4, -0.2) is 73.8 Å². The molecule has 0 spiro atoms. The van der Waals surface area contributed by atoms with Crippen LogP contribution >= 0.6 is 7.82 Å². The van der Waals surface area contributed by atoms with Crippen molar-refractivity contribution in [2.75, 3.05) is 13.2 Å². The van der Waals surface area contributed by atoms with Gasteiger partial charge in [-0.2, -0.15) is 0 Å². The van der Waals surface area contributed by atoms with Crippen molar-refractivity contribution in [3.05, 3.63) is 12.2 Å². The molecule has 0 aromatic carbocycles. The predicted octanol–water partition coefficient (Wildman–Crippen LogP) is -1.95. The van der Waals surface area contributed by atoms with Crippen LogP contribution in [0.15, 0.2) is 12.2 Å². The smallest absolute Gasteiger partial charge is 0.463 e. The molecule has 0 radical (unpaired) electrons. The van der Waals surface area contributed by atoms with Crippen molar-refractivity contribution in [1.29, 1.82) is 0 Å². The van der Waals surface area contributed by atoms with Gasteiger partial charge in [0.1, 0.15) is 18.3 Å². The molecule has 0 aromatic heterocycles. The molecule has 0 heterocycles. The highest BCUT2D eigenvalue weighted by Gasteiger charge is 2.36. The maximum atomic E-state index is 11.4. The molecular formula is C11H21O10P. The third-order valence-corrected chi connectivity index (χ3v) is 2.98. The second-order valence-corrected chi connectivity index (χ2v) is 5.89. The van der Waals surface area contributed by atoms with Crippen molar-refractivity contribution in [2.24, 2.45) is 0 Å². The second kappa shape index (κ2) is 9.33. The van der Waals surface area contributed by atoms with Gasteiger partial charge in [0.15, 0.2) is 6.10 Å². The van der Waals surface area contributed by atoms with E-state index in [2.05, 4.69) is 15.8 Å². The molecule has 22 heavy (non-hydrogen) atoms. The summed E-state index contributed by atoms with van der Waals surface area (Å²) in [6, 6.07) is 0. The van der Waals surface area contributed by atoms with Crippen LogP contribution in [0.25, 0.3) is 0 Å². The van der Waals surface area contributed by atoms with Crippen molar-refractivity contribution in [3.8, 4) is 0 Å². The topological polar surface area (TPSA) is 174 Å². The first-order valence-corrected chi connectivity index (χ1v) is 7.72. The Morgan fingerprint density at radius 3 is 2.18 bits per heavy atom. The number of esters is 1. The summed E-state index contributed by atoms with van der Waals surface area (Å²) in [5.74, 6) is -1.23. The Morgan fingerprint density at radius 2 is 1.73 bits per heavy atom. The molecule has 11 heteroatoms. The third kappa shape index (κ3) is 8.57. The summed E-state index contributed by atoms with van der Waals surface area (Å²) >= 11 is 0. The Labute approximate surface area is 126 Å². The molecule has 0 bridgehead atoms. The van der Waals surface area contributed by atoms with Crippen molar-refractivity contribution in [1.82, 2.24) is 0 Å². The van der Waals surface area contributed by atoms with Crippen LogP contribution in [0.5, 0.6) is 0 Å². The van der Waals surface area contributed by atoms with E-state index in [1.54, 1.807) is 6.92 Å². The van der Waals surface area contributed by atoms with E-state index in [1.807, 2.05) is 0 Å². The van der Waals surface area contributed by atoms with Gasteiger partial charge in [0.25, 0.3) is 0 Å². The van der Waals surface area contributed by atoms with Gasteiger partial charge in [-0.25, -0.2) is 9.36 Å². The van der Waals surface area contributed by atoms with Gasteiger partial charge in [0.2, 0.25) is 0 Å². The molecule has 0 saturated heterocycles. The fraction of sp³-hybridized carbons (Fsp3) is 0.727. The summed E-state index contributed by atoms with van der Waals surface area (Å²) in [4.78, 5) is 28.3. The summed E-state index contributed by atoms with van der Waals surface area (Å²) in [7, 11) is -4.87. The van der Waals surface area contributed by atoms with Gasteiger partial charge in [-0.05, 0) is 6.92 Å². The number of rotatable bonds is 10. The maximum Gasteiger partial charge on any atom is 0.469 e. The van der Waals surface area contributed by atoms with Gasteiger partial charge < -0.3 is 34.9 Å². The molecule has 0 saturated carbocycles. The molecule has 6 N–H and O–H groups in total. The summed E-state index contributed by atoms with van der Waals surface area (Å²) < 4.78 is 19.0. The second-order valence-electron chi connectivity index (χ2n) is 4.65. The summed E-state index contributed by atoms with van der Waals surface area (Å²) in [6.07, 6.45) is -7.97. The number of hydrogen-bond acceptors (Lipinski definition) is 8. The quantitative estimate of drug-likeness (QED) is 0.148. The Balaban J connectivity index is 4.40. The van der Waals surface area contributed by atoms with Crippen molar-refractivity contribution < 1.29 is 48.8 Å². The van der Waals surface area contributed by atoms with Crippen molar-refractivity contribution in [3.63, 3.8) is 0 Å². The SMILES string of the molecule is C=C(C)CCOC(=O)[C@H](O)[C@@H](O)[C@H](O)[C@H](O)COP(=O)(O)O. The third-order valence-electron chi connectivity index (χ3n) is 2.50. The molecule has 0 aromatic rings. The number of aliphatic hydroxyl groups excluding tert-OH is 4. The maximum absolute atomic E-state index is 11.4. The van der Waals surface area contributed by atoms with E-state index in [0.717, 1.165) is 5.57 Å². The lowest BCUT2D eigenvalue weighted by Crippen LogP contribution is -2.49. The fourth-order valence-corrected chi connectivity index (χ4v) is 1.58. The first-order valence-electron chi connectivity index (χ1n) is 6.19. The lowest BCUT2D eigenvalue weighted by atomic mass is 10.0. The van der Waals surface area contributed by atoms with Gasteiger partial charge in [0.05, 0.1) is 13.2 Å². The summed E-state index contributed by atoms with van der Waals surface area (Å²) in [5, 5.41) is 37.9. The molecule has 10 nitrogen and oxygen atoms in total. The molecule has 130 valence electrons. The number of phosphoric ester groups is 1. The first kappa shape index (κ1) is 21.2. The highest BCUT2D eigenvalue weighted by atomic mass is 31.2. The monoisotopic (exact) mass is 344 g/mol. The molecular weight excluding hydrogens is 323 g/mol. The van der Waals surface area contributed by atoms with Crippen molar-refractivity contribution >= 4 is 13.8 Å². The first-order chi connectivity index (χ1) is 9.95. The number of carbonyl (C=O) groups is 1. The van der Waals surface area contributed by atoms with E-state index < -0.39 is 44.8 Å². The molecule has 0 aliphatic heterocycles. The molecule has 0 fully saturated rings. The van der Waals surface area contributed by atoms with E-state index in [0.29, 0.717) is 6.42 Å². The van der Waals surface area contributed by atoms with Crippen LogP contribution < -0.4 is 0 Å². The average Bonchev–Trinajstić information content (AvgIpc) is 2.40. The molecule has 0 rings (SSSR count). The number of ether oxygens (including phenoxy) is 1. The minimum atomic E-state index is -4.87. The lowest BCUT2D eigenvalue weighted by molar-refractivity contribution is -0.170.